The number of carbonyl (C=O) groups excluding carboxylic acids is 3. The van der Waals surface area contributed by atoms with Gasteiger partial charge in [-0.2, -0.15) is 0 Å². The minimum Gasteiger partial charge on any atom is -0.444 e. The molecule has 1 aliphatic rings. The lowest BCUT2D eigenvalue weighted by Crippen LogP contribution is -2.27. The lowest BCUT2D eigenvalue weighted by molar-refractivity contribution is -0.169. The highest BCUT2D eigenvalue weighted by Gasteiger charge is 2.20. The number of nitrogens with zero attached hydrogens (tertiary/aromatic N) is 1. The van der Waals surface area contributed by atoms with Crippen LogP contribution in [0.3, 0.4) is 0 Å². The third kappa shape index (κ3) is 9.11. The molecule has 2 N–H and O–H groups in total. The lowest BCUT2D eigenvalue weighted by Gasteiger charge is -2.22. The van der Waals surface area contributed by atoms with Crippen molar-refractivity contribution in [3.05, 3.63) is 76.6 Å². The molecule has 1 saturated heterocycles. The number of Topliss-reactive ketones (excluding diaryl/α,β-unsaturated/α-hetero) is 1. The highest BCUT2D eigenvalue weighted by Crippen LogP contribution is 2.30. The van der Waals surface area contributed by atoms with Crippen molar-refractivity contribution in [2.75, 3.05) is 17.2 Å². The van der Waals surface area contributed by atoms with E-state index in [0.717, 1.165) is 36.1 Å². The zero-order valence-corrected chi connectivity index (χ0v) is 25.0. The SMILES string of the molecule is Cc1cc(NC(=O)OC(C)(C)C)c(NC(=O)CC(=O)c2cccc(-c3ccnc(COC4CCCCO4)c3)c2)cc1Cl. The number of pyridine rings is 1. The lowest BCUT2D eigenvalue weighted by atomic mass is 10.00. The molecule has 1 fully saturated rings. The molecule has 0 saturated carbocycles. The summed E-state index contributed by atoms with van der Waals surface area (Å²) in [6.45, 7) is 8.05. The van der Waals surface area contributed by atoms with Crippen molar-refractivity contribution >= 4 is 40.8 Å². The van der Waals surface area contributed by atoms with E-state index in [1.54, 1.807) is 58.2 Å². The van der Waals surface area contributed by atoms with Gasteiger partial charge in [0.1, 0.15) is 5.60 Å². The van der Waals surface area contributed by atoms with E-state index >= 15 is 0 Å². The van der Waals surface area contributed by atoms with E-state index in [1.165, 1.54) is 6.07 Å². The number of amides is 2. The number of benzene rings is 2. The van der Waals surface area contributed by atoms with Gasteiger partial charge in [-0.25, -0.2) is 4.79 Å². The van der Waals surface area contributed by atoms with Crippen molar-refractivity contribution in [2.24, 2.45) is 0 Å². The van der Waals surface area contributed by atoms with Crippen molar-refractivity contribution in [1.82, 2.24) is 4.98 Å². The second kappa shape index (κ2) is 13.9. The monoisotopic (exact) mass is 593 g/mol. The molecule has 2 heterocycles. The Morgan fingerprint density at radius 2 is 1.79 bits per heavy atom. The zero-order valence-electron chi connectivity index (χ0n) is 24.3. The number of ether oxygens (including phenoxy) is 3. The molecule has 1 unspecified atom stereocenters. The highest BCUT2D eigenvalue weighted by atomic mass is 35.5. The van der Waals surface area contributed by atoms with Crippen LogP contribution in [0.1, 0.15) is 68.1 Å². The minimum absolute atomic E-state index is 0.212. The molecule has 0 bridgehead atoms. The summed E-state index contributed by atoms with van der Waals surface area (Å²) in [5.41, 5.74) is 3.39. The molecule has 9 nitrogen and oxygen atoms in total. The maximum absolute atomic E-state index is 13.1. The van der Waals surface area contributed by atoms with Crippen LogP contribution >= 0.6 is 11.6 Å². The Hall–Kier alpha value is -3.79. The summed E-state index contributed by atoms with van der Waals surface area (Å²) in [5, 5.41) is 5.73. The fourth-order valence-corrected chi connectivity index (χ4v) is 4.54. The molecule has 1 aliphatic heterocycles. The predicted molar refractivity (Wildman–Crippen MR) is 162 cm³/mol. The maximum atomic E-state index is 13.1. The topological polar surface area (TPSA) is 116 Å². The summed E-state index contributed by atoms with van der Waals surface area (Å²) < 4.78 is 16.8. The van der Waals surface area contributed by atoms with Gasteiger partial charge >= 0.3 is 6.09 Å². The third-order valence-electron chi connectivity index (χ3n) is 6.42. The number of aromatic nitrogens is 1. The van der Waals surface area contributed by atoms with Crippen molar-refractivity contribution in [3.8, 4) is 11.1 Å². The summed E-state index contributed by atoms with van der Waals surface area (Å²) in [5.74, 6) is -0.910. The van der Waals surface area contributed by atoms with Gasteiger partial charge in [0.15, 0.2) is 12.1 Å². The van der Waals surface area contributed by atoms with Gasteiger partial charge in [-0.05, 0) is 94.0 Å². The number of anilines is 2. The van der Waals surface area contributed by atoms with E-state index in [9.17, 15) is 14.4 Å². The smallest absolute Gasteiger partial charge is 0.412 e. The molecule has 0 aliphatic carbocycles. The molecule has 1 aromatic heterocycles. The summed E-state index contributed by atoms with van der Waals surface area (Å²) in [6.07, 6.45) is 3.41. The normalized spacial score (nSPS) is 15.1. The molecule has 42 heavy (non-hydrogen) atoms. The Kier molecular flexibility index (Phi) is 10.3. The van der Waals surface area contributed by atoms with Gasteiger partial charge in [0.05, 0.1) is 30.1 Å². The molecular weight excluding hydrogens is 558 g/mol. The van der Waals surface area contributed by atoms with Crippen molar-refractivity contribution in [2.45, 2.75) is 71.9 Å². The number of hydrogen-bond donors (Lipinski definition) is 2. The van der Waals surface area contributed by atoms with Crippen LogP contribution in [0.2, 0.25) is 5.02 Å². The van der Waals surface area contributed by atoms with Crippen LogP contribution in [0.15, 0.2) is 54.7 Å². The van der Waals surface area contributed by atoms with Crippen molar-refractivity contribution in [1.29, 1.82) is 0 Å². The summed E-state index contributed by atoms with van der Waals surface area (Å²) in [6, 6.07) is 14.0. The van der Waals surface area contributed by atoms with Gasteiger partial charge in [0, 0.05) is 23.4 Å². The van der Waals surface area contributed by atoms with E-state index < -0.39 is 24.0 Å². The second-order valence-electron chi connectivity index (χ2n) is 11.1. The van der Waals surface area contributed by atoms with Gasteiger partial charge in [0.25, 0.3) is 0 Å². The number of aryl methyl sites for hydroxylation is 1. The number of rotatable bonds is 9. The second-order valence-corrected chi connectivity index (χ2v) is 11.6. The van der Waals surface area contributed by atoms with E-state index in [2.05, 4.69) is 15.6 Å². The standard InChI is InChI=1S/C32H36ClN3O6/c1-20-14-26(36-31(39)42-32(2,3)4)27(17-25(20)33)35-29(38)18-28(37)23-9-7-8-21(15-23)22-11-12-34-24(16-22)19-41-30-10-5-6-13-40-30/h7-9,11-12,14-17,30H,5-6,10,13,18-19H2,1-4H3,(H,35,38)(H,36,39). The molecule has 10 heteroatoms. The molecule has 2 aromatic carbocycles. The van der Waals surface area contributed by atoms with E-state index in [-0.39, 0.29) is 17.8 Å². The van der Waals surface area contributed by atoms with Gasteiger partial charge < -0.3 is 19.5 Å². The Morgan fingerprint density at radius 3 is 2.52 bits per heavy atom. The molecular formula is C32H36ClN3O6. The van der Waals surface area contributed by atoms with Crippen LogP contribution in [0.4, 0.5) is 16.2 Å². The van der Waals surface area contributed by atoms with Gasteiger partial charge in [-0.15, -0.1) is 0 Å². The molecule has 0 radical (unpaired) electrons. The van der Waals surface area contributed by atoms with E-state index in [4.69, 9.17) is 25.8 Å². The van der Waals surface area contributed by atoms with Gasteiger partial charge in [-0.1, -0.05) is 29.8 Å². The summed E-state index contributed by atoms with van der Waals surface area (Å²) >= 11 is 6.28. The molecule has 3 aromatic rings. The number of hydrogen-bond acceptors (Lipinski definition) is 7. The first-order valence-electron chi connectivity index (χ1n) is 13.9. The predicted octanol–water partition coefficient (Wildman–Crippen LogP) is 7.31. The Morgan fingerprint density at radius 1 is 1.02 bits per heavy atom. The van der Waals surface area contributed by atoms with Gasteiger partial charge in [0.2, 0.25) is 5.91 Å². The Labute approximate surface area is 250 Å². The van der Waals surface area contributed by atoms with Crippen molar-refractivity contribution in [3.63, 3.8) is 0 Å². The minimum atomic E-state index is -0.703. The van der Waals surface area contributed by atoms with E-state index in [1.807, 2.05) is 18.2 Å². The average Bonchev–Trinajstić information content (AvgIpc) is 2.94. The van der Waals surface area contributed by atoms with Crippen LogP contribution in [-0.4, -0.2) is 41.3 Å². The fourth-order valence-electron chi connectivity index (χ4n) is 4.37. The van der Waals surface area contributed by atoms with E-state index in [0.29, 0.717) is 35.1 Å². The quantitative estimate of drug-likeness (QED) is 0.197. The third-order valence-corrected chi connectivity index (χ3v) is 6.83. The van der Waals surface area contributed by atoms with Gasteiger partial charge in [-0.3, -0.25) is 19.9 Å². The highest BCUT2D eigenvalue weighted by molar-refractivity contribution is 6.32. The first-order chi connectivity index (χ1) is 20.0. The largest absolute Gasteiger partial charge is 0.444 e. The maximum Gasteiger partial charge on any atom is 0.412 e. The van der Waals surface area contributed by atoms with Crippen molar-refractivity contribution < 1.29 is 28.6 Å². The fraction of sp³-hybridized carbons (Fsp3) is 0.375. The molecule has 4 rings (SSSR count). The Balaban J connectivity index is 1.41. The van der Waals surface area contributed by atoms with Crippen LogP contribution in [0, 0.1) is 6.92 Å². The van der Waals surface area contributed by atoms with Crippen LogP contribution in [-0.2, 0) is 25.6 Å². The van der Waals surface area contributed by atoms with Crippen LogP contribution in [0.5, 0.6) is 0 Å². The first kappa shape index (κ1) is 31.2. The summed E-state index contributed by atoms with van der Waals surface area (Å²) in [4.78, 5) is 42.8. The Bertz CT molecular complexity index is 1450. The first-order valence-corrected chi connectivity index (χ1v) is 14.3. The average molecular weight is 594 g/mol. The van der Waals surface area contributed by atoms with Crippen LogP contribution in [0.25, 0.3) is 11.1 Å². The van der Waals surface area contributed by atoms with Crippen LogP contribution < -0.4 is 10.6 Å². The molecule has 0 spiro atoms. The molecule has 2 amide bonds. The number of nitrogens with one attached hydrogen (secondary N) is 2. The number of halogens is 1. The number of ketones is 1. The molecule has 1 atom stereocenters. The molecule has 222 valence electrons. The number of carbonyl (C=O) groups is 3. The summed E-state index contributed by atoms with van der Waals surface area (Å²) in [7, 11) is 0. The zero-order chi connectivity index (χ0) is 30.3.